The summed E-state index contributed by atoms with van der Waals surface area (Å²) < 4.78 is 0. The lowest BCUT2D eigenvalue weighted by molar-refractivity contribution is 0.911. The molecule has 0 aromatic heterocycles. The first kappa shape index (κ1) is 8.75. The van der Waals surface area contributed by atoms with Gasteiger partial charge in [0.05, 0.1) is 11.4 Å². The molecule has 1 aromatic rings. The number of nitrogens with zero attached hydrogens (tertiary/aromatic N) is 2. The van der Waals surface area contributed by atoms with Gasteiger partial charge in [0.1, 0.15) is 0 Å². The van der Waals surface area contributed by atoms with Gasteiger partial charge in [0.25, 0.3) is 0 Å². The first-order valence-electron chi connectivity index (χ1n) is 3.30. The van der Waals surface area contributed by atoms with Crippen LogP contribution in [0.3, 0.4) is 0 Å². The molecular weight excluding hydrogens is 156 g/mol. The van der Waals surface area contributed by atoms with Crippen molar-refractivity contribution in [3.63, 3.8) is 0 Å². The number of hydrazine groups is 4. The molecule has 0 aliphatic heterocycles. The second kappa shape index (κ2) is 3.37. The number of nitrogens with two attached hydrogens (primary N) is 4. The summed E-state index contributed by atoms with van der Waals surface area (Å²) in [6.07, 6.45) is 0. The third-order valence-electron chi connectivity index (χ3n) is 1.45. The molecule has 0 fully saturated rings. The molecule has 12 heavy (non-hydrogen) atoms. The van der Waals surface area contributed by atoms with Gasteiger partial charge in [-0.25, -0.2) is 33.6 Å². The quantitative estimate of drug-likeness (QED) is 0.326. The molecule has 0 spiro atoms. The number of rotatable bonds is 2. The van der Waals surface area contributed by atoms with E-state index in [-0.39, 0.29) is 0 Å². The fourth-order valence-corrected chi connectivity index (χ4v) is 0.797. The molecule has 0 radical (unpaired) electrons. The number of hydrogen-bond acceptors (Lipinski definition) is 6. The Balaban J connectivity index is 2.86. The summed E-state index contributed by atoms with van der Waals surface area (Å²) in [6.45, 7) is 0. The van der Waals surface area contributed by atoms with E-state index in [0.717, 1.165) is 10.2 Å². The number of hydrogen-bond donors (Lipinski definition) is 4. The maximum Gasteiger partial charge on any atom is 0.0698 e. The second-order valence-corrected chi connectivity index (χ2v) is 2.33. The van der Waals surface area contributed by atoms with E-state index >= 15 is 0 Å². The summed E-state index contributed by atoms with van der Waals surface area (Å²) in [5.74, 6) is 21.1. The molecule has 8 N–H and O–H groups in total. The highest BCUT2D eigenvalue weighted by atomic mass is 15.6. The molecule has 0 bridgehead atoms. The van der Waals surface area contributed by atoms with Crippen molar-refractivity contribution in [2.45, 2.75) is 0 Å². The van der Waals surface area contributed by atoms with E-state index in [4.69, 9.17) is 23.4 Å². The van der Waals surface area contributed by atoms with Crippen LogP contribution in [0.25, 0.3) is 0 Å². The molecule has 0 amide bonds. The fraction of sp³-hybridized carbons (Fsp3) is 0. The average molecular weight is 168 g/mol. The predicted molar refractivity (Wildman–Crippen MR) is 48.1 cm³/mol. The van der Waals surface area contributed by atoms with Gasteiger partial charge in [-0.1, -0.05) is 0 Å². The molecule has 1 aromatic carbocycles. The maximum absolute atomic E-state index is 5.27. The topological polar surface area (TPSA) is 111 Å². The summed E-state index contributed by atoms with van der Waals surface area (Å²) >= 11 is 0. The van der Waals surface area contributed by atoms with Gasteiger partial charge < -0.3 is 0 Å². The molecule has 0 unspecified atom stereocenters. The standard InChI is InChI=1S/C6H12N6/c7-11(8)5-1-2-6(4-3-5)12(9)10/h1-4H,7-10H2. The van der Waals surface area contributed by atoms with Crippen molar-refractivity contribution in [3.05, 3.63) is 24.3 Å². The Bertz CT molecular complexity index is 214. The Morgan fingerprint density at radius 3 is 1.08 bits per heavy atom. The van der Waals surface area contributed by atoms with Gasteiger partial charge in [0.2, 0.25) is 0 Å². The molecule has 1 rings (SSSR count). The Morgan fingerprint density at radius 2 is 0.917 bits per heavy atom. The minimum absolute atomic E-state index is 0.681. The molecule has 66 valence electrons. The summed E-state index contributed by atoms with van der Waals surface area (Å²) in [7, 11) is 0. The van der Waals surface area contributed by atoms with Gasteiger partial charge in [-0.2, -0.15) is 0 Å². The summed E-state index contributed by atoms with van der Waals surface area (Å²) in [6, 6.07) is 6.84. The van der Waals surface area contributed by atoms with Gasteiger partial charge in [-0.3, -0.25) is 0 Å². The van der Waals surface area contributed by atoms with Crippen molar-refractivity contribution in [1.82, 2.24) is 0 Å². The molecule has 6 heteroatoms. The molecule has 6 nitrogen and oxygen atoms in total. The Kier molecular flexibility index (Phi) is 2.46. The van der Waals surface area contributed by atoms with Gasteiger partial charge >= 0.3 is 0 Å². The van der Waals surface area contributed by atoms with E-state index < -0.39 is 0 Å². The number of anilines is 2. The van der Waals surface area contributed by atoms with Crippen LogP contribution >= 0.6 is 0 Å². The van der Waals surface area contributed by atoms with Crippen molar-refractivity contribution in [3.8, 4) is 0 Å². The van der Waals surface area contributed by atoms with Crippen LogP contribution in [0.2, 0.25) is 0 Å². The van der Waals surface area contributed by atoms with Crippen LogP contribution in [0, 0.1) is 0 Å². The summed E-state index contributed by atoms with van der Waals surface area (Å²) in [5.41, 5.74) is 1.36. The largest absolute Gasteiger partial charge is 0.247 e. The van der Waals surface area contributed by atoms with Gasteiger partial charge in [0.15, 0.2) is 0 Å². The first-order valence-corrected chi connectivity index (χ1v) is 3.30. The van der Waals surface area contributed by atoms with Gasteiger partial charge in [-0.15, -0.1) is 0 Å². The SMILES string of the molecule is NN(N)c1ccc(N(N)N)cc1. The minimum atomic E-state index is 0.681. The fourth-order valence-electron chi connectivity index (χ4n) is 0.797. The third kappa shape index (κ3) is 1.83. The van der Waals surface area contributed by atoms with E-state index in [1.807, 2.05) is 0 Å². The highest BCUT2D eigenvalue weighted by Gasteiger charge is 1.97. The Morgan fingerprint density at radius 1 is 0.667 bits per heavy atom. The highest BCUT2D eigenvalue weighted by molar-refractivity contribution is 5.53. The van der Waals surface area contributed by atoms with Gasteiger partial charge in [-0.05, 0) is 24.3 Å². The van der Waals surface area contributed by atoms with Crippen molar-refractivity contribution in [2.24, 2.45) is 23.4 Å². The molecule has 0 aliphatic carbocycles. The van der Waals surface area contributed by atoms with E-state index in [1.165, 1.54) is 0 Å². The van der Waals surface area contributed by atoms with E-state index in [9.17, 15) is 0 Å². The molecular formula is C6H12N6. The van der Waals surface area contributed by atoms with Crippen LogP contribution in [-0.2, 0) is 0 Å². The van der Waals surface area contributed by atoms with Crippen LogP contribution in [0.5, 0.6) is 0 Å². The van der Waals surface area contributed by atoms with Crippen LogP contribution < -0.4 is 33.6 Å². The molecule has 0 aliphatic rings. The summed E-state index contributed by atoms with van der Waals surface area (Å²) in [5, 5.41) is 2.03. The molecule has 0 saturated heterocycles. The predicted octanol–water partition coefficient (Wildman–Crippen LogP) is -1.21. The Hall–Kier alpha value is -1.34. The zero-order chi connectivity index (χ0) is 9.14. The maximum atomic E-state index is 5.27. The van der Waals surface area contributed by atoms with Crippen molar-refractivity contribution in [2.75, 3.05) is 10.2 Å². The lowest BCUT2D eigenvalue weighted by atomic mass is 10.3. The summed E-state index contributed by atoms with van der Waals surface area (Å²) in [4.78, 5) is 0. The zero-order valence-corrected chi connectivity index (χ0v) is 6.51. The van der Waals surface area contributed by atoms with Crippen LogP contribution in [-0.4, -0.2) is 0 Å². The smallest absolute Gasteiger partial charge is 0.0698 e. The highest BCUT2D eigenvalue weighted by Crippen LogP contribution is 2.14. The van der Waals surface area contributed by atoms with Crippen molar-refractivity contribution in [1.29, 1.82) is 0 Å². The molecule has 0 saturated carbocycles. The van der Waals surface area contributed by atoms with E-state index in [1.54, 1.807) is 24.3 Å². The van der Waals surface area contributed by atoms with Crippen LogP contribution in [0.1, 0.15) is 0 Å². The lowest BCUT2D eigenvalue weighted by Crippen LogP contribution is -2.39. The first-order chi connectivity index (χ1) is 5.61. The second-order valence-electron chi connectivity index (χ2n) is 2.33. The Labute approximate surface area is 70.2 Å². The van der Waals surface area contributed by atoms with Crippen LogP contribution in [0.15, 0.2) is 24.3 Å². The van der Waals surface area contributed by atoms with Crippen molar-refractivity contribution < 1.29 is 0 Å². The monoisotopic (exact) mass is 168 g/mol. The van der Waals surface area contributed by atoms with E-state index in [2.05, 4.69) is 0 Å². The normalized spacial score (nSPS) is 9.67. The zero-order valence-electron chi connectivity index (χ0n) is 6.51. The molecule has 0 atom stereocenters. The van der Waals surface area contributed by atoms with Crippen molar-refractivity contribution >= 4 is 11.4 Å². The minimum Gasteiger partial charge on any atom is -0.247 e. The van der Waals surface area contributed by atoms with E-state index in [0.29, 0.717) is 11.4 Å². The third-order valence-corrected chi connectivity index (χ3v) is 1.45. The molecule has 0 heterocycles. The van der Waals surface area contributed by atoms with Gasteiger partial charge in [0, 0.05) is 0 Å². The average Bonchev–Trinajstić information content (AvgIpc) is 2.04. The number of benzene rings is 1. The van der Waals surface area contributed by atoms with Crippen LogP contribution in [0.4, 0.5) is 11.4 Å². The lowest BCUT2D eigenvalue weighted by Gasteiger charge is -2.14.